The lowest BCUT2D eigenvalue weighted by molar-refractivity contribution is -0.137. The van der Waals surface area contributed by atoms with Crippen LogP contribution in [-0.2, 0) is 15.7 Å². The van der Waals surface area contributed by atoms with Crippen molar-refractivity contribution in [2.45, 2.75) is 84.2 Å². The van der Waals surface area contributed by atoms with Gasteiger partial charge in [0.25, 0.3) is 5.91 Å². The Labute approximate surface area is 236 Å². The highest BCUT2D eigenvalue weighted by Gasteiger charge is 2.51. The zero-order valence-electron chi connectivity index (χ0n) is 24.5. The molecule has 0 bridgehead atoms. The van der Waals surface area contributed by atoms with E-state index in [2.05, 4.69) is 51.2 Å². The number of aliphatic imine (C=N–C) groups is 1. The zero-order valence-corrected chi connectivity index (χ0v) is 24.5. The highest BCUT2D eigenvalue weighted by atomic mass is 19.4. The van der Waals surface area contributed by atoms with Crippen molar-refractivity contribution in [1.82, 2.24) is 10.2 Å². The number of nitrogens with zero attached hydrogens (tertiary/aromatic N) is 2. The van der Waals surface area contributed by atoms with Crippen LogP contribution in [0.3, 0.4) is 0 Å². The van der Waals surface area contributed by atoms with Crippen molar-refractivity contribution < 1.29 is 22.7 Å². The number of carbonyl (C=O) groups excluding carboxylic acids is 1. The Morgan fingerprint density at radius 3 is 2.50 bits per heavy atom. The van der Waals surface area contributed by atoms with E-state index in [4.69, 9.17) is 9.73 Å². The van der Waals surface area contributed by atoms with Crippen molar-refractivity contribution >= 4 is 11.6 Å². The van der Waals surface area contributed by atoms with Gasteiger partial charge in [0.15, 0.2) is 0 Å². The van der Waals surface area contributed by atoms with Gasteiger partial charge in [-0.15, -0.1) is 0 Å². The minimum atomic E-state index is -4.49. The molecule has 1 saturated carbocycles. The number of carbonyl (C=O) groups is 1. The maximum Gasteiger partial charge on any atom is 0.416 e. The van der Waals surface area contributed by atoms with E-state index in [1.54, 1.807) is 18.1 Å². The van der Waals surface area contributed by atoms with Crippen molar-refractivity contribution in [3.8, 4) is 0 Å². The summed E-state index contributed by atoms with van der Waals surface area (Å²) in [4.78, 5) is 20.7. The van der Waals surface area contributed by atoms with Crippen molar-refractivity contribution in [2.24, 2.45) is 22.2 Å². The Hall–Kier alpha value is -2.45. The van der Waals surface area contributed by atoms with Crippen LogP contribution in [0.2, 0.25) is 0 Å². The van der Waals surface area contributed by atoms with Gasteiger partial charge in [0.1, 0.15) is 11.4 Å². The summed E-state index contributed by atoms with van der Waals surface area (Å²) in [6.45, 7) is 11.1. The maximum absolute atomic E-state index is 14.0. The number of nitrogens with one attached hydrogen (secondary N) is 1. The number of methoxy groups -OCH3 is 1. The van der Waals surface area contributed by atoms with Crippen molar-refractivity contribution in [1.29, 1.82) is 0 Å². The van der Waals surface area contributed by atoms with Gasteiger partial charge in [0.05, 0.1) is 18.2 Å². The van der Waals surface area contributed by atoms with Crippen LogP contribution in [-0.4, -0.2) is 55.0 Å². The molecule has 1 aliphatic heterocycles. The van der Waals surface area contributed by atoms with E-state index in [0.717, 1.165) is 56.5 Å². The Bertz CT molecular complexity index is 1140. The van der Waals surface area contributed by atoms with Crippen LogP contribution in [0.4, 0.5) is 13.2 Å². The van der Waals surface area contributed by atoms with Crippen molar-refractivity contribution in [2.75, 3.05) is 26.7 Å². The van der Waals surface area contributed by atoms with Crippen molar-refractivity contribution in [3.63, 3.8) is 0 Å². The number of amides is 1. The van der Waals surface area contributed by atoms with E-state index < -0.39 is 17.4 Å². The summed E-state index contributed by atoms with van der Waals surface area (Å²) in [5.41, 5.74) is -0.0613. The molecular weight excluding hydrogens is 515 g/mol. The topological polar surface area (TPSA) is 53.9 Å². The van der Waals surface area contributed by atoms with Gasteiger partial charge in [0, 0.05) is 19.2 Å². The highest BCUT2D eigenvalue weighted by Crippen LogP contribution is 2.47. The standard InChI is InChI=1S/C32H44F3N3O2/c1-6-18-36-20-22-10-12-23(13-11-22)27(40-5)21-38-29(39)28(24-8-7-9-26(19-24)32(33,34)35)37-31(38)16-14-25(15-17-31)30(2,3)4/h7-10,12-13,19,22,25,27,36H,6,11,14-18,20-21H2,1-5H3. The Morgan fingerprint density at radius 1 is 1.20 bits per heavy atom. The normalized spacial score (nSPS) is 26.3. The lowest BCUT2D eigenvalue weighted by Gasteiger charge is -2.45. The molecule has 2 unspecified atom stereocenters. The summed E-state index contributed by atoms with van der Waals surface area (Å²) in [6, 6.07) is 4.97. The SMILES string of the molecule is CCCNCC1C=CC(C(CN2C(=O)C(c3cccc(C(F)(F)F)c3)=NC23CCC(C(C)(C)C)CC3)OC)=CC1. The monoisotopic (exact) mass is 559 g/mol. The molecular formula is C32H44F3N3O2. The molecule has 0 saturated heterocycles. The van der Waals surface area contributed by atoms with Crippen LogP contribution in [0.25, 0.3) is 0 Å². The average Bonchev–Trinajstić information content (AvgIpc) is 3.17. The van der Waals surface area contributed by atoms with Gasteiger partial charge in [-0.1, -0.05) is 58.1 Å². The number of halogens is 3. The second-order valence-corrected chi connectivity index (χ2v) is 12.6. The minimum absolute atomic E-state index is 0.116. The molecule has 1 N–H and O–H groups in total. The van der Waals surface area contributed by atoms with Gasteiger partial charge >= 0.3 is 6.18 Å². The number of hydrogen-bond donors (Lipinski definition) is 1. The van der Waals surface area contributed by atoms with E-state index in [9.17, 15) is 18.0 Å². The van der Waals surface area contributed by atoms with E-state index in [1.807, 2.05) is 0 Å². The lowest BCUT2D eigenvalue weighted by atomic mass is 9.69. The van der Waals surface area contributed by atoms with Gasteiger partial charge in [-0.2, -0.15) is 13.2 Å². The second-order valence-electron chi connectivity index (χ2n) is 12.6. The first-order chi connectivity index (χ1) is 18.9. The van der Waals surface area contributed by atoms with E-state index in [-0.39, 0.29) is 28.7 Å². The fraction of sp³-hybridized carbons (Fsp3) is 0.625. The highest BCUT2D eigenvalue weighted by molar-refractivity contribution is 6.46. The number of rotatable bonds is 9. The summed E-state index contributed by atoms with van der Waals surface area (Å²) >= 11 is 0. The quantitative estimate of drug-likeness (QED) is 0.339. The molecule has 8 heteroatoms. The predicted octanol–water partition coefficient (Wildman–Crippen LogP) is 6.79. The molecule has 2 aliphatic carbocycles. The molecule has 4 rings (SSSR count). The molecule has 40 heavy (non-hydrogen) atoms. The van der Waals surface area contributed by atoms with Gasteiger partial charge in [0.2, 0.25) is 0 Å². The predicted molar refractivity (Wildman–Crippen MR) is 153 cm³/mol. The molecule has 1 spiro atoms. The van der Waals surface area contributed by atoms with E-state index in [1.165, 1.54) is 6.07 Å². The molecule has 0 radical (unpaired) electrons. The number of allylic oxidation sites excluding steroid dienone is 1. The lowest BCUT2D eigenvalue weighted by Crippen LogP contribution is -2.52. The fourth-order valence-electron chi connectivity index (χ4n) is 6.26. The number of alkyl halides is 3. The van der Waals surface area contributed by atoms with Gasteiger partial charge in [-0.3, -0.25) is 9.79 Å². The Kier molecular flexibility index (Phi) is 9.30. The fourth-order valence-corrected chi connectivity index (χ4v) is 6.26. The smallest absolute Gasteiger partial charge is 0.375 e. The van der Waals surface area contributed by atoms with E-state index >= 15 is 0 Å². The maximum atomic E-state index is 14.0. The first-order valence-electron chi connectivity index (χ1n) is 14.6. The average molecular weight is 560 g/mol. The molecule has 0 aromatic heterocycles. The first kappa shape index (κ1) is 30.5. The number of hydrogen-bond acceptors (Lipinski definition) is 4. The molecule has 2 atom stereocenters. The Morgan fingerprint density at radius 2 is 1.93 bits per heavy atom. The van der Waals surface area contributed by atoms with Crippen LogP contribution in [0, 0.1) is 17.3 Å². The Balaban J connectivity index is 1.60. The van der Waals surface area contributed by atoms with Gasteiger partial charge in [-0.25, -0.2) is 0 Å². The van der Waals surface area contributed by atoms with Gasteiger partial charge in [-0.05, 0) is 80.0 Å². The second kappa shape index (κ2) is 12.2. The molecule has 1 aromatic carbocycles. The molecule has 5 nitrogen and oxygen atoms in total. The zero-order chi connectivity index (χ0) is 29.1. The number of benzene rings is 1. The summed E-state index contributed by atoms with van der Waals surface area (Å²) in [5, 5.41) is 3.46. The van der Waals surface area contributed by atoms with Crippen LogP contribution in [0.5, 0.6) is 0 Å². The van der Waals surface area contributed by atoms with Crippen molar-refractivity contribution in [3.05, 3.63) is 59.2 Å². The third kappa shape index (κ3) is 6.71. The third-order valence-electron chi connectivity index (χ3n) is 8.80. The number of ether oxygens (including phenoxy) is 1. The summed E-state index contributed by atoms with van der Waals surface area (Å²) in [5.74, 6) is 0.581. The van der Waals surface area contributed by atoms with Crippen LogP contribution in [0.1, 0.15) is 77.3 Å². The van der Waals surface area contributed by atoms with E-state index in [0.29, 0.717) is 31.2 Å². The van der Waals surface area contributed by atoms with Crippen LogP contribution in [0.15, 0.2) is 53.1 Å². The minimum Gasteiger partial charge on any atom is -0.375 e. The summed E-state index contributed by atoms with van der Waals surface area (Å²) in [6.07, 6.45) is 6.78. The largest absolute Gasteiger partial charge is 0.416 e. The third-order valence-corrected chi connectivity index (χ3v) is 8.80. The van der Waals surface area contributed by atoms with Crippen LogP contribution < -0.4 is 5.32 Å². The summed E-state index contributed by atoms with van der Waals surface area (Å²) < 4.78 is 46.4. The molecule has 220 valence electrons. The van der Waals surface area contributed by atoms with Gasteiger partial charge < -0.3 is 15.0 Å². The molecule has 3 aliphatic rings. The molecule has 1 fully saturated rings. The molecule has 1 amide bonds. The summed E-state index contributed by atoms with van der Waals surface area (Å²) in [7, 11) is 1.65. The first-order valence-corrected chi connectivity index (χ1v) is 14.6. The molecule has 1 aromatic rings. The molecule has 1 heterocycles. The van der Waals surface area contributed by atoms with Crippen LogP contribution >= 0.6 is 0 Å².